The van der Waals surface area contributed by atoms with Crippen molar-refractivity contribution in [2.45, 2.75) is 245 Å². The third-order valence-corrected chi connectivity index (χ3v) is 13.3. The van der Waals surface area contributed by atoms with Gasteiger partial charge in [0, 0.05) is 12.8 Å². The predicted octanol–water partition coefficient (Wildman–Crippen LogP) is 17.6. The Morgan fingerprint density at radius 1 is 0.514 bits per heavy atom. The lowest BCUT2D eigenvalue weighted by atomic mass is 10.0. The molecule has 0 bridgehead atoms. The fourth-order valence-electron chi connectivity index (χ4n) is 7.80. The average Bonchev–Trinajstić information content (AvgIpc) is 3.34. The molecule has 0 saturated carbocycles. The summed E-state index contributed by atoms with van der Waals surface area (Å²) in [5.74, 6) is -0.557. The Labute approximate surface area is 443 Å². The van der Waals surface area contributed by atoms with E-state index in [4.69, 9.17) is 13.8 Å². The molecule has 0 radical (unpaired) electrons. The molecular formula is C62H110N2O7P+. The lowest BCUT2D eigenvalue weighted by Gasteiger charge is -2.27. The maximum absolute atomic E-state index is 13.5. The molecule has 0 rings (SSSR count). The summed E-state index contributed by atoms with van der Waals surface area (Å²) >= 11 is 0. The number of hydrogen-bond donors (Lipinski definition) is 2. The van der Waals surface area contributed by atoms with Gasteiger partial charge in [0.2, 0.25) is 5.91 Å². The molecule has 0 aromatic heterocycles. The minimum Gasteiger partial charge on any atom is -0.456 e. The number of likely N-dealkylation sites (N-methyl/N-ethyl adjacent to an activating group) is 1. The van der Waals surface area contributed by atoms with E-state index in [9.17, 15) is 19.0 Å². The first-order valence-electron chi connectivity index (χ1n) is 29.1. The highest BCUT2D eigenvalue weighted by Gasteiger charge is 2.30. The number of phosphoric ester groups is 1. The van der Waals surface area contributed by atoms with Gasteiger partial charge in [0.15, 0.2) is 0 Å². The number of amides is 1. The standard InChI is InChI=1S/C62H109N2O7P/c1-7-10-13-16-19-22-25-28-29-30-31-32-33-34-35-37-39-42-45-48-51-54-61(65)63-59(58-70-72(67,68)69-57-56-64(4,5)6)60(53-50-47-44-41-38-27-24-21-18-15-12-9-3)71-62(66)55-52-49-46-43-40-36-26-23-20-17-14-11-8-2/h11,14,17,19-20,22-23,26,28-29,31-32,34-35,50,53,59-60H,7-10,12-13,15-16,18,21,24-25,27,30,33,36-49,51-52,54-58H2,1-6H3,(H-,63,65,67,68)/p+1/b14-11+,20-17+,22-19-,26-23-,29-28-,32-31-,35-34-,53-50-. The first-order chi connectivity index (χ1) is 34.9. The largest absolute Gasteiger partial charge is 0.472 e. The van der Waals surface area contributed by atoms with Crippen molar-refractivity contribution < 1.29 is 37.3 Å². The molecule has 3 unspecified atom stereocenters. The number of esters is 1. The Balaban J connectivity index is 5.35. The van der Waals surface area contributed by atoms with E-state index in [-0.39, 0.29) is 31.5 Å². The second-order valence-electron chi connectivity index (χ2n) is 20.5. The predicted molar refractivity (Wildman–Crippen MR) is 309 cm³/mol. The molecule has 0 aliphatic rings. The zero-order valence-corrected chi connectivity index (χ0v) is 48.0. The molecule has 0 saturated heterocycles. The Morgan fingerprint density at radius 3 is 1.47 bits per heavy atom. The summed E-state index contributed by atoms with van der Waals surface area (Å²) in [5, 5.41) is 3.03. The monoisotopic (exact) mass is 1030 g/mol. The number of nitrogens with one attached hydrogen (secondary N) is 1. The normalized spacial score (nSPS) is 14.5. The van der Waals surface area contributed by atoms with Crippen LogP contribution in [0.15, 0.2) is 97.2 Å². The van der Waals surface area contributed by atoms with Gasteiger partial charge in [-0.05, 0) is 96.0 Å². The van der Waals surface area contributed by atoms with E-state index in [1.54, 1.807) is 0 Å². The maximum atomic E-state index is 13.5. The van der Waals surface area contributed by atoms with E-state index in [0.717, 1.165) is 116 Å². The molecule has 0 aromatic rings. The summed E-state index contributed by atoms with van der Waals surface area (Å²) in [5.41, 5.74) is 0. The number of rotatable bonds is 51. The van der Waals surface area contributed by atoms with Gasteiger partial charge in [-0.1, -0.05) is 221 Å². The molecule has 0 heterocycles. The van der Waals surface area contributed by atoms with Gasteiger partial charge in [-0.25, -0.2) is 4.57 Å². The van der Waals surface area contributed by atoms with Crippen LogP contribution in [0.4, 0.5) is 0 Å². The van der Waals surface area contributed by atoms with E-state index < -0.39 is 20.0 Å². The molecule has 72 heavy (non-hydrogen) atoms. The van der Waals surface area contributed by atoms with Crippen LogP contribution in [0.5, 0.6) is 0 Å². The number of hydrogen-bond acceptors (Lipinski definition) is 6. The first kappa shape index (κ1) is 68.9. The Morgan fingerprint density at radius 2 is 0.944 bits per heavy atom. The number of ether oxygens (including phenoxy) is 1. The lowest BCUT2D eigenvalue weighted by molar-refractivity contribution is -0.870. The van der Waals surface area contributed by atoms with Crippen molar-refractivity contribution in [3.63, 3.8) is 0 Å². The van der Waals surface area contributed by atoms with E-state index >= 15 is 0 Å². The summed E-state index contributed by atoms with van der Waals surface area (Å²) in [6.07, 6.45) is 68.3. The molecule has 2 N–H and O–H groups in total. The van der Waals surface area contributed by atoms with Crippen molar-refractivity contribution in [2.24, 2.45) is 0 Å². The van der Waals surface area contributed by atoms with E-state index in [0.29, 0.717) is 23.9 Å². The van der Waals surface area contributed by atoms with Crippen LogP contribution in [0, 0.1) is 0 Å². The van der Waals surface area contributed by atoms with Crippen LogP contribution in [0.25, 0.3) is 0 Å². The van der Waals surface area contributed by atoms with Gasteiger partial charge < -0.3 is 19.4 Å². The molecule has 414 valence electrons. The van der Waals surface area contributed by atoms with Crippen LogP contribution in [-0.2, 0) is 27.9 Å². The van der Waals surface area contributed by atoms with Crippen molar-refractivity contribution in [3.05, 3.63) is 97.2 Å². The summed E-state index contributed by atoms with van der Waals surface area (Å²) in [6.45, 7) is 6.80. The van der Waals surface area contributed by atoms with E-state index in [1.165, 1.54) is 77.0 Å². The number of nitrogens with zero attached hydrogens (tertiary/aromatic N) is 1. The third-order valence-electron chi connectivity index (χ3n) is 12.3. The highest BCUT2D eigenvalue weighted by Crippen LogP contribution is 2.43. The Hall–Kier alpha value is -3.07. The zero-order valence-electron chi connectivity index (χ0n) is 47.1. The van der Waals surface area contributed by atoms with Gasteiger partial charge >= 0.3 is 13.8 Å². The molecule has 0 aliphatic heterocycles. The summed E-state index contributed by atoms with van der Waals surface area (Å²) in [6, 6.07) is -0.871. The minimum atomic E-state index is -4.46. The van der Waals surface area contributed by atoms with Crippen molar-refractivity contribution in [1.29, 1.82) is 0 Å². The van der Waals surface area contributed by atoms with Crippen LogP contribution in [0.1, 0.15) is 233 Å². The quantitative estimate of drug-likeness (QED) is 0.0156. The third kappa shape index (κ3) is 51.8. The number of phosphoric acid groups is 1. The number of unbranched alkanes of at least 4 members (excludes halogenated alkanes) is 23. The van der Waals surface area contributed by atoms with Crippen molar-refractivity contribution in [1.82, 2.24) is 5.32 Å². The van der Waals surface area contributed by atoms with Crippen LogP contribution in [-0.4, -0.2) is 74.3 Å². The van der Waals surface area contributed by atoms with E-state index in [2.05, 4.69) is 111 Å². The summed E-state index contributed by atoms with van der Waals surface area (Å²) in [7, 11) is 1.46. The van der Waals surface area contributed by atoms with Gasteiger partial charge in [-0.3, -0.25) is 18.6 Å². The highest BCUT2D eigenvalue weighted by molar-refractivity contribution is 7.47. The highest BCUT2D eigenvalue weighted by atomic mass is 31.2. The van der Waals surface area contributed by atoms with Gasteiger partial charge in [-0.2, -0.15) is 0 Å². The molecule has 3 atom stereocenters. The molecule has 9 nitrogen and oxygen atoms in total. The zero-order chi connectivity index (χ0) is 52.9. The smallest absolute Gasteiger partial charge is 0.456 e. The summed E-state index contributed by atoms with van der Waals surface area (Å²) < 4.78 is 30.6. The van der Waals surface area contributed by atoms with Crippen LogP contribution >= 0.6 is 7.82 Å². The van der Waals surface area contributed by atoms with Crippen molar-refractivity contribution >= 4 is 19.7 Å². The number of quaternary nitrogens is 1. The molecular weight excluding hydrogens is 916 g/mol. The van der Waals surface area contributed by atoms with Crippen LogP contribution < -0.4 is 5.32 Å². The lowest BCUT2D eigenvalue weighted by Crippen LogP contribution is -2.47. The molecule has 0 fully saturated rings. The molecule has 0 aliphatic carbocycles. The first-order valence-corrected chi connectivity index (χ1v) is 30.6. The van der Waals surface area contributed by atoms with Gasteiger partial charge in [0.1, 0.15) is 19.3 Å². The Kier molecular flexibility index (Phi) is 49.2. The molecule has 10 heteroatoms. The van der Waals surface area contributed by atoms with Gasteiger partial charge in [0.05, 0.1) is 33.8 Å². The van der Waals surface area contributed by atoms with Gasteiger partial charge in [-0.15, -0.1) is 0 Å². The molecule has 0 spiro atoms. The average molecular weight is 1030 g/mol. The van der Waals surface area contributed by atoms with Crippen LogP contribution in [0.3, 0.4) is 0 Å². The fourth-order valence-corrected chi connectivity index (χ4v) is 8.54. The van der Waals surface area contributed by atoms with Crippen molar-refractivity contribution in [3.8, 4) is 0 Å². The number of carbonyl (C=O) groups is 2. The van der Waals surface area contributed by atoms with Crippen molar-refractivity contribution in [2.75, 3.05) is 40.9 Å². The number of allylic oxidation sites excluding steroid dienone is 15. The minimum absolute atomic E-state index is 0.0278. The maximum Gasteiger partial charge on any atom is 0.472 e. The topological polar surface area (TPSA) is 111 Å². The fraction of sp³-hybridized carbons (Fsp3) is 0.710. The van der Waals surface area contributed by atoms with Crippen LogP contribution in [0.2, 0.25) is 0 Å². The molecule has 0 aromatic carbocycles. The van der Waals surface area contributed by atoms with E-state index in [1.807, 2.05) is 33.3 Å². The Bertz CT molecular complexity index is 1560. The SMILES string of the molecule is CC/C=C/C=C/C=C\CCCCCCCC(=O)OC(/C=C\CCCCCCCCCCCC)C(COP(=O)(O)OCC[N+](C)(C)C)NC(=O)CCCCCCC/C=C\C/C=C\C/C=C\C/C=C\CCCCC. The van der Waals surface area contributed by atoms with Gasteiger partial charge in [0.25, 0.3) is 0 Å². The second-order valence-corrected chi connectivity index (χ2v) is 21.9. The second kappa shape index (κ2) is 51.4. The molecule has 1 amide bonds. The summed E-state index contributed by atoms with van der Waals surface area (Å²) in [4.78, 5) is 37.6. The number of carbonyl (C=O) groups excluding carboxylic acids is 2.